The van der Waals surface area contributed by atoms with Gasteiger partial charge in [-0.2, -0.15) is 4.98 Å². The molecule has 0 saturated heterocycles. The molecule has 0 aromatic carbocycles. The number of nitrogens with zero attached hydrogens (tertiary/aromatic N) is 3. The van der Waals surface area contributed by atoms with Crippen LogP contribution in [0.25, 0.3) is 5.65 Å². The summed E-state index contributed by atoms with van der Waals surface area (Å²) in [5.41, 5.74) is 6.99. The van der Waals surface area contributed by atoms with Crippen LogP contribution in [0.5, 0.6) is 0 Å². The van der Waals surface area contributed by atoms with Crippen molar-refractivity contribution in [2.24, 2.45) is 5.73 Å². The summed E-state index contributed by atoms with van der Waals surface area (Å²) in [5, 5.41) is 8.40. The zero-order valence-corrected chi connectivity index (χ0v) is 11.5. The molecule has 2 atom stereocenters. The number of anilines is 1. The maximum Gasteiger partial charge on any atom is 0.243 e. The molecular weight excluding hydrogens is 262 g/mol. The molecule has 5 nitrogen and oxygen atoms in total. The van der Waals surface area contributed by atoms with Gasteiger partial charge in [0.1, 0.15) is 0 Å². The molecular formula is C13H18ClN5. The molecule has 0 aliphatic heterocycles. The summed E-state index contributed by atoms with van der Waals surface area (Å²) in [7, 11) is 0. The summed E-state index contributed by atoms with van der Waals surface area (Å²) in [5.74, 6) is 0.629. The van der Waals surface area contributed by atoms with Crippen molar-refractivity contribution in [1.82, 2.24) is 14.6 Å². The highest BCUT2D eigenvalue weighted by Crippen LogP contribution is 2.20. The highest BCUT2D eigenvalue weighted by Gasteiger charge is 2.21. The van der Waals surface area contributed by atoms with Crippen LogP contribution in [0.2, 0.25) is 5.02 Å². The van der Waals surface area contributed by atoms with Crippen LogP contribution in [0, 0.1) is 0 Å². The molecule has 2 heterocycles. The van der Waals surface area contributed by atoms with E-state index in [4.69, 9.17) is 17.3 Å². The van der Waals surface area contributed by atoms with Crippen molar-refractivity contribution in [1.29, 1.82) is 0 Å². The second kappa shape index (κ2) is 5.35. The maximum atomic E-state index is 6.20. The number of rotatable bonds is 2. The first-order valence-electron chi connectivity index (χ1n) is 6.76. The Morgan fingerprint density at radius 3 is 3.00 bits per heavy atom. The van der Waals surface area contributed by atoms with Gasteiger partial charge in [0, 0.05) is 18.3 Å². The fourth-order valence-electron chi connectivity index (χ4n) is 2.60. The van der Waals surface area contributed by atoms with E-state index in [1.165, 1.54) is 19.3 Å². The number of aromatic nitrogens is 3. The predicted molar refractivity (Wildman–Crippen MR) is 76.5 cm³/mol. The number of hydrogen-bond acceptors (Lipinski definition) is 4. The lowest BCUT2D eigenvalue weighted by atomic mass is 10.0. The lowest BCUT2D eigenvalue weighted by Crippen LogP contribution is -2.39. The quantitative estimate of drug-likeness (QED) is 0.829. The van der Waals surface area contributed by atoms with Gasteiger partial charge >= 0.3 is 0 Å². The van der Waals surface area contributed by atoms with Gasteiger partial charge in [0.25, 0.3) is 0 Å². The Morgan fingerprint density at radius 2 is 2.11 bits per heavy atom. The lowest BCUT2D eigenvalue weighted by Gasteiger charge is -2.21. The molecule has 0 radical (unpaired) electrons. The van der Waals surface area contributed by atoms with Crippen LogP contribution in [0.3, 0.4) is 0 Å². The van der Waals surface area contributed by atoms with E-state index in [1.807, 2.05) is 12.1 Å². The van der Waals surface area contributed by atoms with Crippen LogP contribution in [0.15, 0.2) is 18.3 Å². The Balaban J connectivity index is 1.80. The summed E-state index contributed by atoms with van der Waals surface area (Å²) in [4.78, 5) is 4.44. The van der Waals surface area contributed by atoms with Crippen LogP contribution in [0.1, 0.15) is 32.1 Å². The minimum Gasteiger partial charge on any atom is -0.349 e. The first-order chi connectivity index (χ1) is 9.22. The molecule has 1 aliphatic carbocycles. The third-order valence-electron chi connectivity index (χ3n) is 3.68. The summed E-state index contributed by atoms with van der Waals surface area (Å²) < 4.78 is 1.69. The largest absolute Gasteiger partial charge is 0.349 e. The summed E-state index contributed by atoms with van der Waals surface area (Å²) in [6.07, 6.45) is 7.59. The number of nitrogens with one attached hydrogen (secondary N) is 1. The van der Waals surface area contributed by atoms with E-state index in [1.54, 1.807) is 10.7 Å². The molecule has 102 valence electrons. The third-order valence-corrected chi connectivity index (χ3v) is 3.90. The number of fused-ring (bicyclic) bond motifs is 1. The zero-order chi connectivity index (χ0) is 13.2. The highest BCUT2D eigenvalue weighted by atomic mass is 35.5. The Morgan fingerprint density at radius 1 is 1.26 bits per heavy atom. The van der Waals surface area contributed by atoms with Crippen LogP contribution in [-0.4, -0.2) is 26.7 Å². The second-order valence-corrected chi connectivity index (χ2v) is 5.57. The number of halogens is 1. The lowest BCUT2D eigenvalue weighted by molar-refractivity contribution is 0.525. The van der Waals surface area contributed by atoms with Gasteiger partial charge in [0.05, 0.1) is 5.02 Å². The molecule has 1 saturated carbocycles. The number of pyridine rings is 1. The summed E-state index contributed by atoms with van der Waals surface area (Å²) >= 11 is 5.94. The molecule has 19 heavy (non-hydrogen) atoms. The second-order valence-electron chi connectivity index (χ2n) is 5.14. The predicted octanol–water partition coefficient (Wildman–Crippen LogP) is 2.45. The monoisotopic (exact) mass is 279 g/mol. The maximum absolute atomic E-state index is 6.20. The molecule has 1 aliphatic rings. The average Bonchev–Trinajstić information content (AvgIpc) is 2.66. The smallest absolute Gasteiger partial charge is 0.243 e. The van der Waals surface area contributed by atoms with Gasteiger partial charge in [-0.1, -0.05) is 30.9 Å². The number of hydrogen-bond donors (Lipinski definition) is 2. The van der Waals surface area contributed by atoms with Crippen molar-refractivity contribution in [3.05, 3.63) is 23.4 Å². The highest BCUT2D eigenvalue weighted by molar-refractivity contribution is 6.30. The molecule has 3 rings (SSSR count). The van der Waals surface area contributed by atoms with Crippen molar-refractivity contribution in [2.45, 2.75) is 44.2 Å². The van der Waals surface area contributed by atoms with Crippen molar-refractivity contribution in [3.8, 4) is 0 Å². The van der Waals surface area contributed by atoms with E-state index in [0.717, 1.165) is 18.5 Å². The fourth-order valence-corrected chi connectivity index (χ4v) is 2.76. The Labute approximate surface area is 117 Å². The van der Waals surface area contributed by atoms with Gasteiger partial charge in [-0.3, -0.25) is 0 Å². The summed E-state index contributed by atoms with van der Waals surface area (Å²) in [6, 6.07) is 4.10. The van der Waals surface area contributed by atoms with Crippen LogP contribution in [0.4, 0.5) is 5.95 Å². The van der Waals surface area contributed by atoms with E-state index in [2.05, 4.69) is 15.4 Å². The van der Waals surface area contributed by atoms with Crippen LogP contribution >= 0.6 is 11.6 Å². The van der Waals surface area contributed by atoms with Gasteiger partial charge in [-0.15, -0.1) is 5.10 Å². The molecule has 3 N–H and O–H groups in total. The number of nitrogens with two attached hydrogens (primary N) is 1. The molecule has 2 aromatic heterocycles. The first kappa shape index (κ1) is 12.7. The Kier molecular flexibility index (Phi) is 3.57. The van der Waals surface area contributed by atoms with Crippen molar-refractivity contribution in [3.63, 3.8) is 0 Å². The van der Waals surface area contributed by atoms with Gasteiger partial charge in [-0.05, 0) is 25.0 Å². The molecule has 6 heteroatoms. The van der Waals surface area contributed by atoms with E-state index in [0.29, 0.717) is 11.0 Å². The minimum absolute atomic E-state index is 0.178. The summed E-state index contributed by atoms with van der Waals surface area (Å²) in [6.45, 7) is 0. The van der Waals surface area contributed by atoms with Crippen molar-refractivity contribution in [2.75, 3.05) is 5.32 Å². The Hall–Kier alpha value is -1.33. The molecule has 0 bridgehead atoms. The zero-order valence-electron chi connectivity index (χ0n) is 10.7. The molecule has 1 fully saturated rings. The van der Waals surface area contributed by atoms with Gasteiger partial charge in [0.15, 0.2) is 5.65 Å². The molecule has 2 aromatic rings. The van der Waals surface area contributed by atoms with Gasteiger partial charge in [0.2, 0.25) is 5.95 Å². The molecule has 0 spiro atoms. The molecule has 2 unspecified atom stereocenters. The van der Waals surface area contributed by atoms with Gasteiger partial charge < -0.3 is 11.1 Å². The van der Waals surface area contributed by atoms with Crippen molar-refractivity contribution >= 4 is 23.2 Å². The van der Waals surface area contributed by atoms with Crippen LogP contribution in [-0.2, 0) is 0 Å². The normalized spacial score (nSPS) is 24.3. The van der Waals surface area contributed by atoms with Crippen molar-refractivity contribution < 1.29 is 0 Å². The average molecular weight is 280 g/mol. The van der Waals surface area contributed by atoms with E-state index in [-0.39, 0.29) is 12.1 Å². The Bertz CT molecular complexity index is 567. The fraction of sp³-hybridized carbons (Fsp3) is 0.538. The SMILES string of the molecule is NC1CCCCCC1Nc1nc2ccc(Cl)cn2n1. The first-order valence-corrected chi connectivity index (χ1v) is 7.14. The van der Waals surface area contributed by atoms with Gasteiger partial charge in [-0.25, -0.2) is 4.52 Å². The topological polar surface area (TPSA) is 68.2 Å². The van der Waals surface area contributed by atoms with E-state index >= 15 is 0 Å². The van der Waals surface area contributed by atoms with E-state index < -0.39 is 0 Å². The standard InChI is InChI=1S/C13H18ClN5/c14-9-6-7-12-17-13(18-19(12)8-9)16-11-5-3-1-2-4-10(11)15/h6-8,10-11H,1-5,15H2,(H,16,18). The van der Waals surface area contributed by atoms with Crippen LogP contribution < -0.4 is 11.1 Å². The third kappa shape index (κ3) is 2.82. The molecule has 0 amide bonds. The van der Waals surface area contributed by atoms with E-state index in [9.17, 15) is 0 Å². The minimum atomic E-state index is 0.178.